The number of carbonyl (C=O) groups excluding carboxylic acids is 7. The first kappa shape index (κ1) is 52.7. The van der Waals surface area contributed by atoms with Gasteiger partial charge in [0.15, 0.2) is 0 Å². The molecule has 3 aromatic rings. The molecule has 1 aliphatic carbocycles. The number of nitrogens with zero attached hydrogens (tertiary/aromatic N) is 3. The van der Waals surface area contributed by atoms with E-state index >= 15 is 0 Å². The fourth-order valence-electron chi connectivity index (χ4n) is 9.40. The van der Waals surface area contributed by atoms with E-state index in [0.29, 0.717) is 50.8 Å². The van der Waals surface area contributed by atoms with Gasteiger partial charge in [0.1, 0.15) is 30.8 Å². The molecular weight excluding hydrogens is 905 g/mol. The standard InChI is InChI=1S/C49H66N10O11/c1-29(2)44(56-46(63)33-24-36-35-9-7-11-37-43(35)32(26-53-37)25-41(36)57(4)27-33)48(65)55-39(23-31-13-15-34(16-14-31)59(67)68)49(66)58-19-8-12-40(58)47(64)52-18-20-69-21-22-70-28-42(61)51-17-6-5-10-38(45(50)62)54-30(3)60/h7,9,11,13-16,24,26,29,33,38-41,44,53H,5-6,8,10,12,17-23,25,27-28H2,1-4H3,(H2,50,62)(H,51,61)(H,52,64)(H,54,60)(H,55,65)(H,56,63)/t33-,38+,39+,40+,41-,44+/m1/s1. The lowest BCUT2D eigenvalue weighted by Gasteiger charge is -2.39. The molecule has 1 fully saturated rings. The van der Waals surface area contributed by atoms with E-state index in [1.54, 1.807) is 13.8 Å². The molecule has 0 radical (unpaired) electrons. The summed E-state index contributed by atoms with van der Waals surface area (Å²) in [7, 11) is 2.00. The second kappa shape index (κ2) is 24.7. The van der Waals surface area contributed by atoms with Crippen LogP contribution in [0.4, 0.5) is 5.69 Å². The number of nitro benzene ring substituents is 1. The normalized spacial score (nSPS) is 18.8. The Balaban J connectivity index is 0.999. The molecule has 2 aliphatic heterocycles. The predicted molar refractivity (Wildman–Crippen MR) is 258 cm³/mol. The molecule has 0 spiro atoms. The number of unbranched alkanes of at least 4 members (excludes halogenated alkanes) is 1. The number of carbonyl (C=O) groups is 7. The van der Waals surface area contributed by atoms with Crippen molar-refractivity contribution in [1.82, 2.24) is 41.4 Å². The van der Waals surface area contributed by atoms with Crippen molar-refractivity contribution in [2.45, 2.75) is 95.9 Å². The number of ether oxygens (including phenoxy) is 2. The number of fused-ring (bicyclic) bond motifs is 2. The zero-order valence-electron chi connectivity index (χ0n) is 40.3. The number of non-ortho nitro benzene ring substituents is 1. The molecule has 21 nitrogen and oxygen atoms in total. The van der Waals surface area contributed by atoms with Crippen LogP contribution in [0.5, 0.6) is 0 Å². The molecular formula is C49H66N10O11. The molecule has 378 valence electrons. The smallest absolute Gasteiger partial charge is 0.269 e. The van der Waals surface area contributed by atoms with Crippen LogP contribution < -0.4 is 32.3 Å². The summed E-state index contributed by atoms with van der Waals surface area (Å²) < 4.78 is 10.9. The van der Waals surface area contributed by atoms with E-state index in [1.165, 1.54) is 41.7 Å². The molecule has 6 atom stereocenters. The van der Waals surface area contributed by atoms with Gasteiger partial charge < -0.3 is 51.7 Å². The number of H-pyrrole nitrogens is 1. The Morgan fingerprint density at radius 1 is 0.914 bits per heavy atom. The molecule has 7 amide bonds. The zero-order chi connectivity index (χ0) is 50.5. The molecule has 3 aliphatic rings. The number of likely N-dealkylation sites (tertiary alicyclic amines) is 1. The third-order valence-electron chi connectivity index (χ3n) is 13.0. The minimum atomic E-state index is -1.18. The van der Waals surface area contributed by atoms with Gasteiger partial charge in [0, 0.05) is 74.8 Å². The highest BCUT2D eigenvalue weighted by Crippen LogP contribution is 2.41. The number of benzene rings is 2. The van der Waals surface area contributed by atoms with Crippen molar-refractivity contribution in [1.29, 1.82) is 0 Å². The second-order valence-corrected chi connectivity index (χ2v) is 18.5. The number of aromatic nitrogens is 1. The van der Waals surface area contributed by atoms with Crippen LogP contribution >= 0.6 is 0 Å². The van der Waals surface area contributed by atoms with Gasteiger partial charge in [0.25, 0.3) is 5.69 Å². The topological polar surface area (TPSA) is 290 Å². The number of aromatic amines is 1. The van der Waals surface area contributed by atoms with E-state index < -0.39 is 58.6 Å². The average molecular weight is 971 g/mol. The van der Waals surface area contributed by atoms with Crippen molar-refractivity contribution in [3.8, 4) is 0 Å². The molecule has 0 bridgehead atoms. The largest absolute Gasteiger partial charge is 0.377 e. The summed E-state index contributed by atoms with van der Waals surface area (Å²) in [6.45, 7) is 6.31. The third-order valence-corrected chi connectivity index (χ3v) is 13.0. The van der Waals surface area contributed by atoms with Crippen LogP contribution in [0.3, 0.4) is 0 Å². The lowest BCUT2D eigenvalue weighted by Crippen LogP contribution is -2.59. The molecule has 70 heavy (non-hydrogen) atoms. The number of nitrogens with two attached hydrogens (primary N) is 1. The highest BCUT2D eigenvalue weighted by molar-refractivity contribution is 6.00. The molecule has 8 N–H and O–H groups in total. The number of nitrogens with one attached hydrogen (secondary N) is 6. The summed E-state index contributed by atoms with van der Waals surface area (Å²) >= 11 is 0. The van der Waals surface area contributed by atoms with Gasteiger partial charge in [-0.2, -0.15) is 0 Å². The van der Waals surface area contributed by atoms with Gasteiger partial charge in [0.2, 0.25) is 41.4 Å². The zero-order valence-corrected chi connectivity index (χ0v) is 40.3. The Morgan fingerprint density at radius 2 is 1.67 bits per heavy atom. The van der Waals surface area contributed by atoms with Crippen molar-refractivity contribution in [3.63, 3.8) is 0 Å². The fraction of sp³-hybridized carbons (Fsp3) is 0.531. The lowest BCUT2D eigenvalue weighted by atomic mass is 9.79. The minimum Gasteiger partial charge on any atom is -0.377 e. The quantitative estimate of drug-likeness (QED) is 0.0359. The first-order valence-corrected chi connectivity index (χ1v) is 23.9. The number of likely N-dealkylation sites (N-methyl/N-ethyl adjacent to an activating group) is 1. The highest BCUT2D eigenvalue weighted by Gasteiger charge is 2.40. The molecule has 6 rings (SSSR count). The summed E-state index contributed by atoms with van der Waals surface area (Å²) in [5.41, 5.74) is 10.1. The summed E-state index contributed by atoms with van der Waals surface area (Å²) in [6.07, 6.45) is 7.25. The fourth-order valence-corrected chi connectivity index (χ4v) is 9.40. The maximum absolute atomic E-state index is 14.5. The van der Waals surface area contributed by atoms with E-state index in [4.69, 9.17) is 15.2 Å². The van der Waals surface area contributed by atoms with Crippen LogP contribution in [0.25, 0.3) is 16.5 Å². The van der Waals surface area contributed by atoms with Crippen LogP contribution in [-0.4, -0.2) is 151 Å². The van der Waals surface area contributed by atoms with Crippen molar-refractivity contribution in [2.24, 2.45) is 17.6 Å². The summed E-state index contributed by atoms with van der Waals surface area (Å²) in [5, 5.41) is 26.5. The average Bonchev–Trinajstić information content (AvgIpc) is 3.99. The molecule has 3 heterocycles. The van der Waals surface area contributed by atoms with Crippen LogP contribution in [0, 0.1) is 22.0 Å². The van der Waals surface area contributed by atoms with Crippen LogP contribution in [0.15, 0.2) is 54.7 Å². The Kier molecular flexibility index (Phi) is 18.6. The molecule has 1 saturated heterocycles. The molecule has 2 aromatic carbocycles. The van der Waals surface area contributed by atoms with Gasteiger partial charge in [-0.3, -0.25) is 48.6 Å². The molecule has 21 heteroatoms. The van der Waals surface area contributed by atoms with Gasteiger partial charge >= 0.3 is 0 Å². The number of amides is 7. The van der Waals surface area contributed by atoms with E-state index in [2.05, 4.69) is 42.5 Å². The van der Waals surface area contributed by atoms with Crippen molar-refractivity contribution >= 4 is 63.5 Å². The van der Waals surface area contributed by atoms with E-state index in [-0.39, 0.29) is 81.3 Å². The highest BCUT2D eigenvalue weighted by atomic mass is 16.6. The van der Waals surface area contributed by atoms with Crippen LogP contribution in [-0.2, 0) is 55.9 Å². The van der Waals surface area contributed by atoms with Gasteiger partial charge in [-0.1, -0.05) is 44.2 Å². The molecule has 0 unspecified atom stereocenters. The maximum atomic E-state index is 14.5. The van der Waals surface area contributed by atoms with Gasteiger partial charge in [-0.25, -0.2) is 0 Å². The molecule has 1 aromatic heterocycles. The van der Waals surface area contributed by atoms with Gasteiger partial charge in [0.05, 0.1) is 30.7 Å². The minimum absolute atomic E-state index is 0.0305. The number of hydrogen-bond donors (Lipinski definition) is 7. The number of hydrogen-bond acceptors (Lipinski definition) is 12. The number of nitro groups is 1. The van der Waals surface area contributed by atoms with E-state index in [1.807, 2.05) is 31.5 Å². The first-order chi connectivity index (χ1) is 33.5. The van der Waals surface area contributed by atoms with Crippen molar-refractivity contribution < 1.29 is 48.0 Å². The summed E-state index contributed by atoms with van der Waals surface area (Å²) in [6, 6.07) is 8.11. The first-order valence-electron chi connectivity index (χ1n) is 23.9. The Bertz CT molecular complexity index is 2420. The van der Waals surface area contributed by atoms with E-state index in [9.17, 15) is 43.7 Å². The second-order valence-electron chi connectivity index (χ2n) is 18.5. The third kappa shape index (κ3) is 13.7. The van der Waals surface area contributed by atoms with Gasteiger partial charge in [-0.15, -0.1) is 0 Å². The summed E-state index contributed by atoms with van der Waals surface area (Å²) in [5.74, 6) is -4.03. The van der Waals surface area contributed by atoms with Crippen molar-refractivity contribution in [3.05, 3.63) is 81.5 Å². The van der Waals surface area contributed by atoms with Gasteiger partial charge in [-0.05, 0) is 79.8 Å². The predicted octanol–water partition coefficient (Wildman–Crippen LogP) is 1.23. The van der Waals surface area contributed by atoms with Crippen molar-refractivity contribution in [2.75, 3.05) is 59.7 Å². The maximum Gasteiger partial charge on any atom is 0.269 e. The van der Waals surface area contributed by atoms with Crippen LogP contribution in [0.2, 0.25) is 0 Å². The lowest BCUT2D eigenvalue weighted by molar-refractivity contribution is -0.384. The number of primary amides is 1. The monoisotopic (exact) mass is 970 g/mol. The Hall–Kier alpha value is -6.71. The molecule has 0 saturated carbocycles. The summed E-state index contributed by atoms with van der Waals surface area (Å²) in [4.78, 5) is 109. The number of rotatable bonds is 25. The Morgan fingerprint density at radius 3 is 2.39 bits per heavy atom. The van der Waals surface area contributed by atoms with E-state index in [0.717, 1.165) is 28.5 Å². The SMILES string of the molecule is CC(=O)N[C@@H](CCCCNC(=O)COCCOCCNC(=O)[C@@H]1CCCN1C(=O)[C@H](Cc1ccc([N+](=O)[O-])cc1)NC(=O)[C@@H](NC(=O)[C@@H]1C=C2c3cccc4[nH]cc(c34)C[C@H]2N(C)C1)C(C)C)C(N)=O. The van der Waals surface area contributed by atoms with Crippen LogP contribution in [0.1, 0.15) is 69.6 Å². The Labute approximate surface area is 406 Å².